The van der Waals surface area contributed by atoms with E-state index < -0.39 is 11.5 Å². The van der Waals surface area contributed by atoms with E-state index in [4.69, 9.17) is 4.74 Å². The highest BCUT2D eigenvalue weighted by atomic mass is 32.1. The number of benzene rings is 1. The topological polar surface area (TPSA) is 84.3 Å². The van der Waals surface area contributed by atoms with E-state index in [2.05, 4.69) is 15.3 Å². The summed E-state index contributed by atoms with van der Waals surface area (Å²) in [6, 6.07) is 7.79. The number of aromatic nitrogens is 2. The lowest BCUT2D eigenvalue weighted by Crippen LogP contribution is -2.40. The van der Waals surface area contributed by atoms with E-state index in [0.717, 1.165) is 27.1 Å². The Morgan fingerprint density at radius 2 is 2.00 bits per heavy atom. The highest BCUT2D eigenvalue weighted by Gasteiger charge is 2.28. The summed E-state index contributed by atoms with van der Waals surface area (Å²) in [5.41, 5.74) is 0.826. The van der Waals surface area contributed by atoms with Crippen LogP contribution in [-0.4, -0.2) is 33.2 Å². The quantitative estimate of drug-likeness (QED) is 0.693. The molecule has 0 aliphatic heterocycles. The first-order chi connectivity index (χ1) is 11.9. The highest BCUT2D eigenvalue weighted by Crippen LogP contribution is 2.37. The molecule has 3 rings (SSSR count). The molecular weight excluding hydrogens is 338 g/mol. The van der Waals surface area contributed by atoms with Gasteiger partial charge in [-0.05, 0) is 38.5 Å². The number of rotatable bonds is 6. The number of aliphatic carboxylic acids is 1. The Bertz CT molecular complexity index is 904. The van der Waals surface area contributed by atoms with E-state index in [0.29, 0.717) is 12.4 Å². The lowest BCUT2D eigenvalue weighted by atomic mass is 10.0. The van der Waals surface area contributed by atoms with Crippen LogP contribution in [0.25, 0.3) is 21.3 Å². The van der Waals surface area contributed by atoms with Crippen LogP contribution >= 0.6 is 11.3 Å². The summed E-state index contributed by atoms with van der Waals surface area (Å²) in [5.74, 6) is 0.382. The number of fused-ring (bicyclic) bond motifs is 1. The first-order valence-corrected chi connectivity index (χ1v) is 8.77. The minimum atomic E-state index is -1.14. The van der Waals surface area contributed by atoms with Gasteiger partial charge in [-0.3, -0.25) is 0 Å². The zero-order valence-corrected chi connectivity index (χ0v) is 15.1. The Kier molecular flexibility index (Phi) is 4.59. The number of nitrogens with zero attached hydrogens (tertiary/aromatic N) is 2. The second-order valence-electron chi connectivity index (χ2n) is 6.06. The van der Waals surface area contributed by atoms with Crippen molar-refractivity contribution < 1.29 is 14.6 Å². The Morgan fingerprint density at radius 3 is 2.64 bits per heavy atom. The molecule has 3 aromatic rings. The molecule has 0 bridgehead atoms. The van der Waals surface area contributed by atoms with Gasteiger partial charge in [0.25, 0.3) is 0 Å². The maximum atomic E-state index is 11.4. The molecule has 0 atom stereocenters. The van der Waals surface area contributed by atoms with Gasteiger partial charge in [0, 0.05) is 10.9 Å². The van der Waals surface area contributed by atoms with Crippen molar-refractivity contribution in [3.8, 4) is 16.9 Å². The molecule has 0 saturated heterocycles. The second-order valence-corrected chi connectivity index (χ2v) is 6.92. The van der Waals surface area contributed by atoms with E-state index in [1.807, 2.05) is 36.6 Å². The van der Waals surface area contributed by atoms with Gasteiger partial charge in [0.05, 0.1) is 12.0 Å². The van der Waals surface area contributed by atoms with Crippen LogP contribution in [0.5, 0.6) is 5.75 Å². The van der Waals surface area contributed by atoms with E-state index in [-0.39, 0.29) is 0 Å². The van der Waals surface area contributed by atoms with Crippen LogP contribution in [0.15, 0.2) is 36.0 Å². The molecule has 0 radical (unpaired) electrons. The molecule has 0 aliphatic rings. The van der Waals surface area contributed by atoms with Gasteiger partial charge in [-0.2, -0.15) is 0 Å². The van der Waals surface area contributed by atoms with E-state index >= 15 is 0 Å². The maximum absolute atomic E-state index is 11.4. The van der Waals surface area contributed by atoms with E-state index in [9.17, 15) is 9.90 Å². The number of hydrogen-bond acceptors (Lipinski definition) is 6. The van der Waals surface area contributed by atoms with E-state index in [1.54, 1.807) is 13.8 Å². The Hall–Kier alpha value is -2.67. The molecule has 2 heterocycles. The molecular formula is C18H19N3O3S. The third kappa shape index (κ3) is 3.41. The van der Waals surface area contributed by atoms with Crippen molar-refractivity contribution in [1.29, 1.82) is 0 Å². The third-order valence-corrected chi connectivity index (χ3v) is 4.70. The fourth-order valence-corrected chi connectivity index (χ4v) is 3.35. The summed E-state index contributed by atoms with van der Waals surface area (Å²) < 4.78 is 5.48. The van der Waals surface area contributed by atoms with Crippen LogP contribution in [0.4, 0.5) is 5.82 Å². The zero-order chi connectivity index (χ0) is 18.0. The highest BCUT2D eigenvalue weighted by molar-refractivity contribution is 7.17. The van der Waals surface area contributed by atoms with Crippen molar-refractivity contribution in [3.63, 3.8) is 0 Å². The molecule has 0 saturated carbocycles. The van der Waals surface area contributed by atoms with Crippen LogP contribution in [0, 0.1) is 0 Å². The first-order valence-electron chi connectivity index (χ1n) is 7.89. The lowest BCUT2D eigenvalue weighted by molar-refractivity contribution is -0.141. The fraction of sp³-hybridized carbons (Fsp3) is 0.278. The molecule has 2 aromatic heterocycles. The van der Waals surface area contributed by atoms with Gasteiger partial charge in [-0.1, -0.05) is 12.1 Å². The van der Waals surface area contributed by atoms with Crippen molar-refractivity contribution in [3.05, 3.63) is 36.0 Å². The monoisotopic (exact) mass is 357 g/mol. The largest absolute Gasteiger partial charge is 0.494 e. The van der Waals surface area contributed by atoms with Crippen molar-refractivity contribution in [2.75, 3.05) is 11.9 Å². The summed E-state index contributed by atoms with van der Waals surface area (Å²) in [6.45, 7) is 5.77. The lowest BCUT2D eigenvalue weighted by Gasteiger charge is -2.22. The van der Waals surface area contributed by atoms with Crippen molar-refractivity contribution in [1.82, 2.24) is 9.97 Å². The van der Waals surface area contributed by atoms with Gasteiger partial charge in [0.2, 0.25) is 0 Å². The van der Waals surface area contributed by atoms with Crippen LogP contribution in [0.1, 0.15) is 20.8 Å². The van der Waals surface area contributed by atoms with Crippen molar-refractivity contribution in [2.24, 2.45) is 0 Å². The van der Waals surface area contributed by atoms with Crippen LogP contribution in [-0.2, 0) is 4.79 Å². The molecule has 130 valence electrons. The summed E-state index contributed by atoms with van der Waals surface area (Å²) in [6.07, 6.45) is 1.45. The molecule has 1 aromatic carbocycles. The van der Waals surface area contributed by atoms with Gasteiger partial charge in [0.15, 0.2) is 0 Å². The third-order valence-electron chi connectivity index (χ3n) is 3.81. The number of nitrogens with one attached hydrogen (secondary N) is 1. The standard InChI is InChI=1S/C18H19N3O3S/c1-4-24-12-7-5-11(6-8-12)13-9-25-16-14(13)15(19-10-20-16)21-18(2,3)17(22)23/h5-10H,4H2,1-3H3,(H,22,23)(H,19,20,21). The van der Waals surface area contributed by atoms with Gasteiger partial charge in [0.1, 0.15) is 28.3 Å². The number of thiophene rings is 1. The molecule has 0 aliphatic carbocycles. The number of carbonyl (C=O) groups is 1. The molecule has 0 unspecified atom stereocenters. The predicted molar refractivity (Wildman–Crippen MR) is 99.4 cm³/mol. The summed E-state index contributed by atoms with van der Waals surface area (Å²) in [7, 11) is 0. The van der Waals surface area contributed by atoms with Gasteiger partial charge in [-0.15, -0.1) is 11.3 Å². The molecule has 25 heavy (non-hydrogen) atoms. The van der Waals surface area contributed by atoms with Crippen molar-refractivity contribution in [2.45, 2.75) is 26.3 Å². The number of carboxylic acid groups (broad SMARTS) is 1. The molecule has 7 heteroatoms. The zero-order valence-electron chi connectivity index (χ0n) is 14.2. The minimum absolute atomic E-state index is 0.516. The summed E-state index contributed by atoms with van der Waals surface area (Å²) >= 11 is 1.50. The Balaban J connectivity index is 2.06. The maximum Gasteiger partial charge on any atom is 0.328 e. The van der Waals surface area contributed by atoms with Gasteiger partial charge >= 0.3 is 5.97 Å². The van der Waals surface area contributed by atoms with Crippen LogP contribution in [0.3, 0.4) is 0 Å². The molecule has 2 N–H and O–H groups in total. The average Bonchev–Trinajstić information content (AvgIpc) is 3.01. The van der Waals surface area contributed by atoms with E-state index in [1.165, 1.54) is 17.7 Å². The predicted octanol–water partition coefficient (Wildman–Crippen LogP) is 4.03. The van der Waals surface area contributed by atoms with Gasteiger partial charge in [-0.25, -0.2) is 14.8 Å². The molecule has 0 spiro atoms. The smallest absolute Gasteiger partial charge is 0.328 e. The number of ether oxygens (including phenoxy) is 1. The second kappa shape index (κ2) is 6.68. The average molecular weight is 357 g/mol. The Morgan fingerprint density at radius 1 is 1.28 bits per heavy atom. The fourth-order valence-electron chi connectivity index (χ4n) is 2.43. The first kappa shape index (κ1) is 17.2. The summed E-state index contributed by atoms with van der Waals surface area (Å²) in [4.78, 5) is 20.8. The molecule has 0 fully saturated rings. The van der Waals surface area contributed by atoms with Crippen LogP contribution in [0.2, 0.25) is 0 Å². The summed E-state index contributed by atoms with van der Waals surface area (Å²) in [5, 5.41) is 15.2. The molecule has 0 amide bonds. The van der Waals surface area contributed by atoms with Gasteiger partial charge < -0.3 is 15.2 Å². The van der Waals surface area contributed by atoms with Crippen LogP contribution < -0.4 is 10.1 Å². The molecule has 6 nitrogen and oxygen atoms in total. The number of hydrogen-bond donors (Lipinski definition) is 2. The normalized spacial score (nSPS) is 11.5. The number of carboxylic acids is 1. The Labute approximate surface area is 149 Å². The SMILES string of the molecule is CCOc1ccc(-c2csc3ncnc(NC(C)(C)C(=O)O)c23)cc1. The minimum Gasteiger partial charge on any atom is -0.494 e. The number of anilines is 1. The van der Waals surface area contributed by atoms with Crippen molar-refractivity contribution >= 4 is 33.3 Å².